The standard InChI is InChI=1S/C65H110O6/c1-4-7-10-13-16-19-22-25-28-30-32-34-37-40-43-46-49-52-55-58-64(67)70-61-62(60-69-63(66)57-54-51-48-45-42-39-36-27-24-21-18-15-12-9-6-3)71-65(68)59-56-53-50-47-44-41-38-35-33-31-29-26-23-20-17-14-11-8-5-2/h7,10,16,18-19,21,25,27-28,32,34,36,40,43,49,52,62H,4-6,8-9,11-15,17,20,22-24,26,29-31,33,35,37-39,41-42,44-48,50-51,53-61H2,1-3H3/b10-7-,19-16-,21-18-,28-25-,34-32-,36-27-,43-40-,52-49-. The number of esters is 3. The van der Waals surface area contributed by atoms with E-state index in [2.05, 4.69) is 112 Å². The summed E-state index contributed by atoms with van der Waals surface area (Å²) in [7, 11) is 0. The lowest BCUT2D eigenvalue weighted by Gasteiger charge is -2.18. The number of unbranched alkanes of at least 4 members (excludes halogenated alkanes) is 26. The van der Waals surface area contributed by atoms with Crippen molar-refractivity contribution >= 4 is 17.9 Å². The zero-order valence-corrected chi connectivity index (χ0v) is 46.5. The molecule has 406 valence electrons. The van der Waals surface area contributed by atoms with Gasteiger partial charge in [-0.15, -0.1) is 0 Å². The molecule has 0 spiro atoms. The number of carbonyl (C=O) groups excluding carboxylic acids is 3. The molecule has 0 aliphatic carbocycles. The molecule has 0 aromatic rings. The molecule has 71 heavy (non-hydrogen) atoms. The molecule has 0 aliphatic rings. The molecule has 0 aliphatic heterocycles. The van der Waals surface area contributed by atoms with Crippen LogP contribution >= 0.6 is 0 Å². The topological polar surface area (TPSA) is 78.9 Å². The first-order valence-corrected chi connectivity index (χ1v) is 29.7. The molecule has 0 bridgehead atoms. The molecule has 0 saturated carbocycles. The Morgan fingerprint density at radius 2 is 0.577 bits per heavy atom. The molecular formula is C65H110O6. The number of allylic oxidation sites excluding steroid dienone is 16. The van der Waals surface area contributed by atoms with Crippen LogP contribution in [0.3, 0.4) is 0 Å². The molecule has 0 fully saturated rings. The summed E-state index contributed by atoms with van der Waals surface area (Å²) in [5.74, 6) is -0.999. The molecule has 0 amide bonds. The summed E-state index contributed by atoms with van der Waals surface area (Å²) < 4.78 is 16.8. The van der Waals surface area contributed by atoms with Gasteiger partial charge in [0.25, 0.3) is 0 Å². The SMILES string of the molecule is CC/C=C\C/C=C\C/C=C\C/C=C\C/C=C\C/C=C\CCC(=O)OCC(COC(=O)CCCCCCC/C=C\C/C=C\CCCCC)OC(=O)CCCCCCCCCCCCCCCCCCCCC. The highest BCUT2D eigenvalue weighted by Crippen LogP contribution is 2.16. The molecule has 0 N–H and O–H groups in total. The van der Waals surface area contributed by atoms with Gasteiger partial charge in [-0.3, -0.25) is 14.4 Å². The molecule has 6 nitrogen and oxygen atoms in total. The van der Waals surface area contributed by atoms with E-state index in [4.69, 9.17) is 14.2 Å². The Bertz CT molecular complexity index is 1410. The Hall–Kier alpha value is -3.67. The first kappa shape index (κ1) is 67.3. The van der Waals surface area contributed by atoms with E-state index in [0.29, 0.717) is 19.3 Å². The van der Waals surface area contributed by atoms with E-state index < -0.39 is 6.10 Å². The highest BCUT2D eigenvalue weighted by atomic mass is 16.6. The Morgan fingerprint density at radius 3 is 0.972 bits per heavy atom. The normalized spacial score (nSPS) is 12.8. The van der Waals surface area contributed by atoms with Gasteiger partial charge in [0.2, 0.25) is 0 Å². The Balaban J connectivity index is 4.49. The molecule has 0 aromatic heterocycles. The van der Waals surface area contributed by atoms with Crippen LogP contribution in [0.1, 0.15) is 278 Å². The van der Waals surface area contributed by atoms with Gasteiger partial charge in [-0.2, -0.15) is 0 Å². The van der Waals surface area contributed by atoms with Crippen LogP contribution in [-0.2, 0) is 28.6 Å². The lowest BCUT2D eigenvalue weighted by Crippen LogP contribution is -2.30. The summed E-state index contributed by atoms with van der Waals surface area (Å²) >= 11 is 0. The third-order valence-corrected chi connectivity index (χ3v) is 12.6. The van der Waals surface area contributed by atoms with Crippen molar-refractivity contribution in [2.24, 2.45) is 0 Å². The monoisotopic (exact) mass is 987 g/mol. The van der Waals surface area contributed by atoms with Crippen LogP contribution in [0.4, 0.5) is 0 Å². The van der Waals surface area contributed by atoms with E-state index in [-0.39, 0.29) is 37.5 Å². The van der Waals surface area contributed by atoms with Crippen molar-refractivity contribution in [3.63, 3.8) is 0 Å². The second-order valence-corrected chi connectivity index (χ2v) is 19.5. The van der Waals surface area contributed by atoms with Gasteiger partial charge in [0.1, 0.15) is 13.2 Å². The summed E-state index contributed by atoms with van der Waals surface area (Å²) in [6, 6.07) is 0. The molecule has 0 aromatic carbocycles. The van der Waals surface area contributed by atoms with Crippen LogP contribution < -0.4 is 0 Å². The number of hydrogen-bond donors (Lipinski definition) is 0. The van der Waals surface area contributed by atoms with E-state index in [0.717, 1.165) is 103 Å². The van der Waals surface area contributed by atoms with Crippen molar-refractivity contribution in [3.05, 3.63) is 97.2 Å². The van der Waals surface area contributed by atoms with E-state index >= 15 is 0 Å². The molecule has 1 unspecified atom stereocenters. The van der Waals surface area contributed by atoms with E-state index in [1.165, 1.54) is 128 Å². The molecule has 0 rings (SSSR count). The Kier molecular flexibility index (Phi) is 55.9. The van der Waals surface area contributed by atoms with Gasteiger partial charge >= 0.3 is 17.9 Å². The Labute approximate surface area is 438 Å². The van der Waals surface area contributed by atoms with Crippen molar-refractivity contribution < 1.29 is 28.6 Å². The second kappa shape index (κ2) is 58.9. The lowest BCUT2D eigenvalue weighted by molar-refractivity contribution is -0.166. The van der Waals surface area contributed by atoms with Gasteiger partial charge in [-0.1, -0.05) is 266 Å². The third-order valence-electron chi connectivity index (χ3n) is 12.6. The molecule has 1 atom stereocenters. The zero-order chi connectivity index (χ0) is 51.4. The molecular weight excluding hydrogens is 877 g/mol. The fourth-order valence-corrected chi connectivity index (χ4v) is 8.15. The van der Waals surface area contributed by atoms with Gasteiger partial charge in [0.15, 0.2) is 6.10 Å². The maximum absolute atomic E-state index is 12.9. The average Bonchev–Trinajstić information content (AvgIpc) is 3.37. The van der Waals surface area contributed by atoms with E-state index in [9.17, 15) is 14.4 Å². The summed E-state index contributed by atoms with van der Waals surface area (Å²) in [6.07, 6.45) is 78.4. The molecule has 6 heteroatoms. The molecule has 0 radical (unpaired) electrons. The smallest absolute Gasteiger partial charge is 0.306 e. The quantitative estimate of drug-likeness (QED) is 0.0261. The summed E-state index contributed by atoms with van der Waals surface area (Å²) in [4.78, 5) is 38.2. The van der Waals surface area contributed by atoms with Crippen molar-refractivity contribution in [2.75, 3.05) is 13.2 Å². The first-order valence-electron chi connectivity index (χ1n) is 29.7. The molecule has 0 saturated heterocycles. The van der Waals surface area contributed by atoms with Crippen molar-refractivity contribution in [3.8, 4) is 0 Å². The highest BCUT2D eigenvalue weighted by Gasteiger charge is 2.19. The van der Waals surface area contributed by atoms with Crippen molar-refractivity contribution in [1.29, 1.82) is 0 Å². The minimum Gasteiger partial charge on any atom is -0.462 e. The van der Waals surface area contributed by atoms with Gasteiger partial charge < -0.3 is 14.2 Å². The summed E-state index contributed by atoms with van der Waals surface area (Å²) in [5.41, 5.74) is 0. The van der Waals surface area contributed by atoms with Crippen LogP contribution in [0, 0.1) is 0 Å². The number of rotatable bonds is 53. The van der Waals surface area contributed by atoms with Crippen molar-refractivity contribution in [2.45, 2.75) is 284 Å². The lowest BCUT2D eigenvalue weighted by atomic mass is 10.0. The third kappa shape index (κ3) is 57.1. The maximum atomic E-state index is 12.9. The molecule has 0 heterocycles. The summed E-state index contributed by atoms with van der Waals surface area (Å²) in [5, 5.41) is 0. The van der Waals surface area contributed by atoms with Gasteiger partial charge in [-0.25, -0.2) is 0 Å². The van der Waals surface area contributed by atoms with Crippen LogP contribution in [0.25, 0.3) is 0 Å². The number of hydrogen-bond acceptors (Lipinski definition) is 6. The van der Waals surface area contributed by atoms with Crippen LogP contribution in [0.2, 0.25) is 0 Å². The van der Waals surface area contributed by atoms with Crippen LogP contribution in [-0.4, -0.2) is 37.2 Å². The first-order chi connectivity index (χ1) is 35.0. The predicted octanol–water partition coefficient (Wildman–Crippen LogP) is 20.1. The van der Waals surface area contributed by atoms with Gasteiger partial charge in [0, 0.05) is 19.3 Å². The van der Waals surface area contributed by atoms with Crippen molar-refractivity contribution in [1.82, 2.24) is 0 Å². The summed E-state index contributed by atoms with van der Waals surface area (Å²) in [6.45, 7) is 6.44. The van der Waals surface area contributed by atoms with Gasteiger partial charge in [-0.05, 0) is 89.9 Å². The number of carbonyl (C=O) groups is 3. The average molecular weight is 988 g/mol. The number of ether oxygens (including phenoxy) is 3. The fraction of sp³-hybridized carbons (Fsp3) is 0.708. The largest absolute Gasteiger partial charge is 0.462 e. The van der Waals surface area contributed by atoms with Crippen LogP contribution in [0.5, 0.6) is 0 Å². The Morgan fingerprint density at radius 1 is 0.296 bits per heavy atom. The van der Waals surface area contributed by atoms with Gasteiger partial charge in [0.05, 0.1) is 0 Å². The zero-order valence-electron chi connectivity index (χ0n) is 46.5. The predicted molar refractivity (Wildman–Crippen MR) is 307 cm³/mol. The minimum atomic E-state index is -0.814. The minimum absolute atomic E-state index is 0.107. The van der Waals surface area contributed by atoms with E-state index in [1.807, 2.05) is 6.08 Å². The maximum Gasteiger partial charge on any atom is 0.306 e. The van der Waals surface area contributed by atoms with E-state index in [1.54, 1.807) is 0 Å². The second-order valence-electron chi connectivity index (χ2n) is 19.5. The highest BCUT2D eigenvalue weighted by molar-refractivity contribution is 5.71. The van der Waals surface area contributed by atoms with Crippen LogP contribution in [0.15, 0.2) is 97.2 Å². The fourth-order valence-electron chi connectivity index (χ4n) is 8.15.